The van der Waals surface area contributed by atoms with Gasteiger partial charge >= 0.3 is 6.16 Å². The van der Waals surface area contributed by atoms with Gasteiger partial charge in [-0.3, -0.25) is 15.1 Å². The Morgan fingerprint density at radius 1 is 0.930 bits per heavy atom. The summed E-state index contributed by atoms with van der Waals surface area (Å²) in [5.74, 6) is -0.141. The zero-order valence-electron chi connectivity index (χ0n) is 23.5. The molecule has 2 fully saturated rings. The van der Waals surface area contributed by atoms with E-state index in [9.17, 15) is 19.1 Å². The molecule has 4 aromatic rings. The number of piperidine rings is 1. The van der Waals surface area contributed by atoms with Crippen LogP contribution in [0.3, 0.4) is 0 Å². The second-order valence-electron chi connectivity index (χ2n) is 11.0. The van der Waals surface area contributed by atoms with E-state index in [4.69, 9.17) is 9.26 Å². The van der Waals surface area contributed by atoms with Crippen molar-refractivity contribution in [2.75, 3.05) is 26.2 Å². The number of nitrogens with one attached hydrogen (secondary N) is 1. The van der Waals surface area contributed by atoms with E-state index in [1.54, 1.807) is 12.1 Å². The van der Waals surface area contributed by atoms with Gasteiger partial charge in [0.25, 0.3) is 11.8 Å². The number of hydrogen-bond acceptors (Lipinski definition) is 8. The number of aromatic nitrogens is 2. The van der Waals surface area contributed by atoms with E-state index in [-0.39, 0.29) is 24.5 Å². The monoisotopic (exact) mass is 585 g/mol. The summed E-state index contributed by atoms with van der Waals surface area (Å²) < 4.78 is 25.5. The molecule has 2 aliphatic rings. The lowest BCUT2D eigenvalue weighted by molar-refractivity contribution is -0.152. The number of amides is 1. The Hall–Kier alpha value is -4.61. The summed E-state index contributed by atoms with van der Waals surface area (Å²) in [4.78, 5) is 31.1. The van der Waals surface area contributed by atoms with Crippen molar-refractivity contribution in [3.05, 3.63) is 84.2 Å². The van der Waals surface area contributed by atoms with Crippen molar-refractivity contribution < 1.29 is 28.3 Å². The molecule has 0 spiro atoms. The molecule has 43 heavy (non-hydrogen) atoms. The van der Waals surface area contributed by atoms with Crippen LogP contribution < -0.4 is 5.43 Å². The average Bonchev–Trinajstić information content (AvgIpc) is 3.72. The molecule has 0 unspecified atom stereocenters. The van der Waals surface area contributed by atoms with Crippen LogP contribution in [0.15, 0.2) is 77.3 Å². The lowest BCUT2D eigenvalue weighted by Gasteiger charge is -2.39. The molecule has 2 saturated heterocycles. The number of carboxylic acid groups (broad SMARTS) is 1. The van der Waals surface area contributed by atoms with E-state index in [1.165, 1.54) is 6.07 Å². The minimum atomic E-state index is -1.44. The third-order valence-corrected chi connectivity index (χ3v) is 8.07. The smallest absolute Gasteiger partial charge is 0.450 e. The number of carbonyl (C=O) groups excluding carboxylic acids is 1. The largest absolute Gasteiger partial charge is 0.506 e. The molecule has 0 atom stereocenters. The van der Waals surface area contributed by atoms with Crippen molar-refractivity contribution in [2.45, 2.75) is 37.8 Å². The van der Waals surface area contributed by atoms with Crippen LogP contribution in [0, 0.1) is 5.82 Å². The second kappa shape index (κ2) is 12.3. The van der Waals surface area contributed by atoms with Crippen LogP contribution in [0.25, 0.3) is 34.0 Å². The molecule has 1 aromatic heterocycles. The maximum Gasteiger partial charge on any atom is 0.506 e. The van der Waals surface area contributed by atoms with Crippen LogP contribution >= 0.6 is 0 Å². The predicted octanol–water partition coefficient (Wildman–Crippen LogP) is 5.37. The summed E-state index contributed by atoms with van der Waals surface area (Å²) >= 11 is 0. The maximum absolute atomic E-state index is 14.9. The molecular formula is C32H32FN5O5. The highest BCUT2D eigenvalue weighted by Crippen LogP contribution is 2.30. The molecule has 0 saturated carbocycles. The minimum absolute atomic E-state index is 0.228. The van der Waals surface area contributed by atoms with Gasteiger partial charge in [-0.15, -0.1) is 0 Å². The molecule has 10 nitrogen and oxygen atoms in total. The van der Waals surface area contributed by atoms with Gasteiger partial charge in [0.05, 0.1) is 0 Å². The van der Waals surface area contributed by atoms with Gasteiger partial charge in [-0.05, 0) is 36.1 Å². The molecule has 3 heterocycles. The Balaban J connectivity index is 1.07. The van der Waals surface area contributed by atoms with E-state index in [0.29, 0.717) is 36.6 Å². The molecule has 1 amide bonds. The Labute approximate surface area is 248 Å². The van der Waals surface area contributed by atoms with Crippen molar-refractivity contribution in [1.82, 2.24) is 25.5 Å². The molecule has 3 aromatic carbocycles. The number of ether oxygens (including phenoxy) is 1. The molecule has 0 aliphatic carbocycles. The van der Waals surface area contributed by atoms with Crippen molar-refractivity contribution >= 4 is 12.1 Å². The first-order valence-electron chi connectivity index (χ1n) is 14.4. The number of nitrogens with zero attached hydrogens (tertiary/aromatic N) is 4. The summed E-state index contributed by atoms with van der Waals surface area (Å²) in [7, 11) is 0. The number of carbonyl (C=O) groups is 2. The van der Waals surface area contributed by atoms with E-state index < -0.39 is 17.7 Å². The molecule has 0 bridgehead atoms. The zero-order chi connectivity index (χ0) is 29.8. The predicted molar refractivity (Wildman–Crippen MR) is 156 cm³/mol. The summed E-state index contributed by atoms with van der Waals surface area (Å²) in [5, 5.41) is 15.2. The van der Waals surface area contributed by atoms with Gasteiger partial charge in [0.15, 0.2) is 5.60 Å². The second-order valence-corrected chi connectivity index (χ2v) is 11.0. The SMILES string of the molecule is O=C(O)OC1(C(=O)NN2CCCC2)CCN(Cc2ccc(-c3noc(-c4ccc(-c5ccccc5)c(F)c4)n3)cc2)CC1. The van der Waals surface area contributed by atoms with Crippen LogP contribution in [-0.4, -0.2) is 69.0 Å². The minimum Gasteiger partial charge on any atom is -0.450 e. The maximum atomic E-state index is 14.9. The molecule has 6 rings (SSSR count). The van der Waals surface area contributed by atoms with E-state index >= 15 is 0 Å². The van der Waals surface area contributed by atoms with Crippen molar-refractivity contribution in [3.8, 4) is 34.0 Å². The van der Waals surface area contributed by atoms with Gasteiger partial charge in [-0.25, -0.2) is 14.2 Å². The third-order valence-electron chi connectivity index (χ3n) is 8.07. The van der Waals surface area contributed by atoms with Crippen LogP contribution in [0.4, 0.5) is 9.18 Å². The summed E-state index contributed by atoms with van der Waals surface area (Å²) in [6.45, 7) is 3.15. The fourth-order valence-corrected chi connectivity index (χ4v) is 5.66. The number of halogens is 1. The summed E-state index contributed by atoms with van der Waals surface area (Å²) in [6.07, 6.45) is 1.10. The number of hydrogen-bond donors (Lipinski definition) is 2. The molecule has 0 radical (unpaired) electrons. The zero-order valence-corrected chi connectivity index (χ0v) is 23.5. The first kappa shape index (κ1) is 28.5. The van der Waals surface area contributed by atoms with Crippen LogP contribution in [0.5, 0.6) is 0 Å². The third kappa shape index (κ3) is 6.42. The molecule has 222 valence electrons. The molecular weight excluding hydrogens is 553 g/mol. The van der Waals surface area contributed by atoms with Gasteiger partial charge in [-0.1, -0.05) is 65.8 Å². The first-order valence-corrected chi connectivity index (χ1v) is 14.4. The van der Waals surface area contributed by atoms with Crippen molar-refractivity contribution in [1.29, 1.82) is 0 Å². The summed E-state index contributed by atoms with van der Waals surface area (Å²) in [6, 6.07) is 21.9. The topological polar surface area (TPSA) is 121 Å². The Morgan fingerprint density at radius 2 is 1.63 bits per heavy atom. The molecule has 2 N–H and O–H groups in total. The van der Waals surface area contributed by atoms with E-state index in [0.717, 1.165) is 42.6 Å². The standard InChI is InChI=1S/C32H32FN5O5/c33-27-20-25(12-13-26(27)23-6-2-1-3-7-23)29-34-28(36-43-29)24-10-8-22(9-11-24)21-37-18-14-32(15-19-37,42-31(40)41)30(39)35-38-16-4-5-17-38/h1-3,6-13,20H,4-5,14-19,21H2,(H,35,39)(H,40,41). The lowest BCUT2D eigenvalue weighted by Crippen LogP contribution is -2.58. The highest BCUT2D eigenvalue weighted by Gasteiger charge is 2.46. The van der Waals surface area contributed by atoms with Crippen LogP contribution in [-0.2, 0) is 16.1 Å². The number of hydrazine groups is 1. The summed E-state index contributed by atoms with van der Waals surface area (Å²) in [5.41, 5.74) is 5.04. The van der Waals surface area contributed by atoms with E-state index in [1.807, 2.05) is 59.6 Å². The number of likely N-dealkylation sites (tertiary alicyclic amines) is 1. The highest BCUT2D eigenvalue weighted by molar-refractivity contribution is 5.86. The van der Waals surface area contributed by atoms with Gasteiger partial charge in [0.2, 0.25) is 5.82 Å². The number of rotatable bonds is 8. The fourth-order valence-electron chi connectivity index (χ4n) is 5.66. The van der Waals surface area contributed by atoms with Crippen molar-refractivity contribution in [2.24, 2.45) is 0 Å². The number of benzene rings is 3. The molecule has 2 aliphatic heterocycles. The van der Waals surface area contributed by atoms with Gasteiger partial charge in [0.1, 0.15) is 5.82 Å². The molecule has 11 heteroatoms. The van der Waals surface area contributed by atoms with Crippen LogP contribution in [0.2, 0.25) is 0 Å². The quantitative estimate of drug-likeness (QED) is 0.263. The Morgan fingerprint density at radius 3 is 2.30 bits per heavy atom. The Bertz CT molecular complexity index is 1580. The Kier molecular flexibility index (Phi) is 8.17. The van der Waals surface area contributed by atoms with E-state index in [2.05, 4.69) is 20.5 Å². The normalized spacial score (nSPS) is 17.0. The average molecular weight is 586 g/mol. The lowest BCUT2D eigenvalue weighted by atomic mass is 9.90. The van der Waals surface area contributed by atoms with Crippen LogP contribution in [0.1, 0.15) is 31.2 Å². The van der Waals surface area contributed by atoms with Gasteiger partial charge in [-0.2, -0.15) is 4.98 Å². The van der Waals surface area contributed by atoms with Gasteiger partial charge < -0.3 is 14.4 Å². The fraction of sp³-hybridized carbons (Fsp3) is 0.312. The first-order chi connectivity index (χ1) is 20.9. The highest BCUT2D eigenvalue weighted by atomic mass is 19.1. The van der Waals surface area contributed by atoms with Crippen molar-refractivity contribution in [3.63, 3.8) is 0 Å². The van der Waals surface area contributed by atoms with Gasteiger partial charge in [0, 0.05) is 62.3 Å².